The van der Waals surface area contributed by atoms with Gasteiger partial charge in [0.15, 0.2) is 9.84 Å². The van der Waals surface area contributed by atoms with Gasteiger partial charge in [0.1, 0.15) is 11.6 Å². The summed E-state index contributed by atoms with van der Waals surface area (Å²) >= 11 is 0. The molecule has 0 radical (unpaired) electrons. The Kier molecular flexibility index (Phi) is 7.03. The number of aryl methyl sites for hydroxylation is 1. The Morgan fingerprint density at radius 3 is 2.37 bits per heavy atom. The fourth-order valence-electron chi connectivity index (χ4n) is 4.86. The van der Waals surface area contributed by atoms with Gasteiger partial charge in [-0.05, 0) is 73.7 Å². The van der Waals surface area contributed by atoms with Gasteiger partial charge in [-0.25, -0.2) is 12.8 Å². The minimum atomic E-state index is -3.73. The van der Waals surface area contributed by atoms with Crippen molar-refractivity contribution in [3.05, 3.63) is 95.4 Å². The Hall–Kier alpha value is -3.98. The number of carbonyl (C=O) groups is 2. The van der Waals surface area contributed by atoms with Crippen LogP contribution in [0.5, 0.6) is 0 Å². The van der Waals surface area contributed by atoms with E-state index >= 15 is 0 Å². The number of amides is 2. The van der Waals surface area contributed by atoms with Crippen LogP contribution < -0.4 is 5.32 Å². The predicted octanol–water partition coefficient (Wildman–Crippen LogP) is 5.05. The molecule has 3 aromatic carbocycles. The number of sulfone groups is 1. The smallest absolute Gasteiger partial charge is 0.256 e. The largest absolute Gasteiger partial charge is 0.361 e. The number of benzene rings is 3. The van der Waals surface area contributed by atoms with Gasteiger partial charge in [-0.2, -0.15) is 0 Å². The Balaban J connectivity index is 1.16. The summed E-state index contributed by atoms with van der Waals surface area (Å²) in [6.07, 6.45) is 3.19. The van der Waals surface area contributed by atoms with E-state index in [0.717, 1.165) is 29.4 Å². The van der Waals surface area contributed by atoms with Crippen molar-refractivity contribution in [1.29, 1.82) is 0 Å². The van der Waals surface area contributed by atoms with Crippen molar-refractivity contribution >= 4 is 38.2 Å². The van der Waals surface area contributed by atoms with Crippen LogP contribution in [0.4, 0.5) is 10.1 Å². The molecular formula is C29H28FN3O4S. The van der Waals surface area contributed by atoms with Crippen molar-refractivity contribution in [1.82, 2.24) is 9.88 Å². The molecule has 1 aromatic heterocycles. The molecule has 0 aliphatic carbocycles. The highest BCUT2D eigenvalue weighted by Gasteiger charge is 2.26. The average Bonchev–Trinajstić information content (AvgIpc) is 3.35. The molecule has 0 saturated carbocycles. The number of hydrogen-bond acceptors (Lipinski definition) is 4. The standard InChI is InChI=1S/C29H28FN3O4S/c1-19-2-8-24(9-3-19)38(36,37)18-28(34)32-23-6-4-20(5-7-23)21-11-14-33(15-12-21)29(35)25-16-22-10-13-31-27(22)17-26(25)30/h2-10,13,16-17,21,31H,11-12,14-15,18H2,1H3,(H,32,34). The fraction of sp³-hybridized carbons (Fsp3) is 0.241. The molecule has 0 spiro atoms. The van der Waals surface area contributed by atoms with Crippen LogP contribution in [-0.4, -0.2) is 49.0 Å². The fourth-order valence-corrected chi connectivity index (χ4v) is 6.00. The highest BCUT2D eigenvalue weighted by molar-refractivity contribution is 7.92. The number of H-pyrrole nitrogens is 1. The minimum absolute atomic E-state index is 0.0834. The van der Waals surface area contributed by atoms with E-state index in [1.807, 2.05) is 25.1 Å². The average molecular weight is 534 g/mol. The SMILES string of the molecule is Cc1ccc(S(=O)(=O)CC(=O)Nc2ccc(C3CCN(C(=O)c4cc5cc[nH]c5cc4F)CC3)cc2)cc1. The molecule has 0 bridgehead atoms. The number of anilines is 1. The van der Waals surface area contributed by atoms with Gasteiger partial charge in [0.25, 0.3) is 5.91 Å². The number of piperidine rings is 1. The Morgan fingerprint density at radius 2 is 1.68 bits per heavy atom. The van der Waals surface area contributed by atoms with Crippen LogP contribution >= 0.6 is 0 Å². The zero-order valence-electron chi connectivity index (χ0n) is 20.9. The van der Waals surface area contributed by atoms with Crippen LogP contribution in [0, 0.1) is 12.7 Å². The lowest BCUT2D eigenvalue weighted by atomic mass is 9.89. The number of hydrogen-bond donors (Lipinski definition) is 2. The predicted molar refractivity (Wildman–Crippen MR) is 144 cm³/mol. The second-order valence-electron chi connectivity index (χ2n) is 9.71. The molecule has 9 heteroatoms. The zero-order valence-corrected chi connectivity index (χ0v) is 21.7. The maximum Gasteiger partial charge on any atom is 0.256 e. The molecule has 1 aliphatic rings. The topological polar surface area (TPSA) is 99.3 Å². The van der Waals surface area contributed by atoms with Crippen LogP contribution in [0.3, 0.4) is 0 Å². The summed E-state index contributed by atoms with van der Waals surface area (Å²) < 4.78 is 39.6. The third-order valence-corrected chi connectivity index (χ3v) is 8.65. The molecule has 7 nitrogen and oxygen atoms in total. The molecule has 38 heavy (non-hydrogen) atoms. The second-order valence-corrected chi connectivity index (χ2v) is 11.7. The molecule has 1 aliphatic heterocycles. The van der Waals surface area contributed by atoms with Gasteiger partial charge in [-0.3, -0.25) is 9.59 Å². The molecule has 1 saturated heterocycles. The first-order chi connectivity index (χ1) is 18.2. The quantitative estimate of drug-likeness (QED) is 0.362. The van der Waals surface area contributed by atoms with Gasteiger partial charge >= 0.3 is 0 Å². The van der Waals surface area contributed by atoms with Crippen molar-refractivity contribution in [2.75, 3.05) is 24.2 Å². The minimum Gasteiger partial charge on any atom is -0.361 e. The summed E-state index contributed by atoms with van der Waals surface area (Å²) in [5, 5.41) is 3.45. The number of fused-ring (bicyclic) bond motifs is 1. The normalized spacial score (nSPS) is 14.5. The number of rotatable bonds is 6. The summed E-state index contributed by atoms with van der Waals surface area (Å²) in [7, 11) is -3.73. The highest BCUT2D eigenvalue weighted by Crippen LogP contribution is 2.30. The molecule has 4 aromatic rings. The number of carbonyl (C=O) groups excluding carboxylic acids is 2. The van der Waals surface area contributed by atoms with E-state index in [-0.39, 0.29) is 22.3 Å². The van der Waals surface area contributed by atoms with E-state index in [2.05, 4.69) is 10.3 Å². The van der Waals surface area contributed by atoms with Crippen molar-refractivity contribution in [3.63, 3.8) is 0 Å². The molecule has 196 valence electrons. The van der Waals surface area contributed by atoms with E-state index in [0.29, 0.717) is 24.3 Å². The zero-order chi connectivity index (χ0) is 26.9. The van der Waals surface area contributed by atoms with Gasteiger partial charge in [-0.15, -0.1) is 0 Å². The van der Waals surface area contributed by atoms with Crippen LogP contribution in [0.1, 0.15) is 40.2 Å². The third kappa shape index (κ3) is 5.47. The number of aromatic nitrogens is 1. The highest BCUT2D eigenvalue weighted by atomic mass is 32.2. The van der Waals surface area contributed by atoms with Crippen molar-refractivity contribution in [2.45, 2.75) is 30.6 Å². The number of nitrogens with one attached hydrogen (secondary N) is 2. The van der Waals surface area contributed by atoms with Crippen LogP contribution in [0.25, 0.3) is 10.9 Å². The first-order valence-corrected chi connectivity index (χ1v) is 14.1. The van der Waals surface area contributed by atoms with Gasteiger partial charge in [-0.1, -0.05) is 29.8 Å². The molecule has 2 heterocycles. The molecule has 0 unspecified atom stereocenters. The second kappa shape index (κ2) is 10.4. The molecule has 2 amide bonds. The van der Waals surface area contributed by atoms with Crippen LogP contribution in [0.15, 0.2) is 77.8 Å². The summed E-state index contributed by atoms with van der Waals surface area (Å²) in [5.74, 6) is -1.85. The Labute approximate surface area is 220 Å². The van der Waals surface area contributed by atoms with Gasteiger partial charge in [0, 0.05) is 35.9 Å². The molecular weight excluding hydrogens is 505 g/mol. The van der Waals surface area contributed by atoms with Crippen LogP contribution in [-0.2, 0) is 14.6 Å². The van der Waals surface area contributed by atoms with Crippen LogP contribution in [0.2, 0.25) is 0 Å². The Morgan fingerprint density at radius 1 is 1.00 bits per heavy atom. The lowest BCUT2D eigenvalue weighted by Crippen LogP contribution is -2.38. The monoisotopic (exact) mass is 533 g/mol. The Bertz CT molecular complexity index is 1590. The maximum atomic E-state index is 14.5. The van der Waals surface area contributed by atoms with Gasteiger partial charge in [0.05, 0.1) is 10.5 Å². The van der Waals surface area contributed by atoms with Crippen molar-refractivity contribution in [3.8, 4) is 0 Å². The summed E-state index contributed by atoms with van der Waals surface area (Å²) in [6, 6.07) is 18.5. The first-order valence-electron chi connectivity index (χ1n) is 12.4. The number of aromatic amines is 1. The third-order valence-electron chi connectivity index (χ3n) is 7.02. The molecule has 0 atom stereocenters. The molecule has 2 N–H and O–H groups in total. The van der Waals surface area contributed by atoms with E-state index in [4.69, 9.17) is 0 Å². The molecule has 1 fully saturated rings. The summed E-state index contributed by atoms with van der Waals surface area (Å²) in [5.41, 5.74) is 3.27. The number of likely N-dealkylation sites (tertiary alicyclic amines) is 1. The summed E-state index contributed by atoms with van der Waals surface area (Å²) in [4.78, 5) is 30.1. The van der Waals surface area contributed by atoms with E-state index in [1.165, 1.54) is 18.2 Å². The van der Waals surface area contributed by atoms with E-state index in [1.54, 1.807) is 41.4 Å². The van der Waals surface area contributed by atoms with E-state index in [9.17, 15) is 22.4 Å². The first kappa shape index (κ1) is 25.7. The number of nitrogens with zero attached hydrogens (tertiary/aromatic N) is 1. The summed E-state index contributed by atoms with van der Waals surface area (Å²) in [6.45, 7) is 2.90. The lowest BCUT2D eigenvalue weighted by Gasteiger charge is -2.32. The van der Waals surface area contributed by atoms with Gasteiger partial charge < -0.3 is 15.2 Å². The van der Waals surface area contributed by atoms with Crippen molar-refractivity contribution < 1.29 is 22.4 Å². The molecule has 5 rings (SSSR count). The van der Waals surface area contributed by atoms with Crippen molar-refractivity contribution in [2.24, 2.45) is 0 Å². The lowest BCUT2D eigenvalue weighted by molar-refractivity contribution is -0.113. The maximum absolute atomic E-state index is 14.5. The number of halogens is 1. The van der Waals surface area contributed by atoms with E-state index < -0.39 is 27.3 Å². The van der Waals surface area contributed by atoms with Gasteiger partial charge in [0.2, 0.25) is 5.91 Å².